The summed E-state index contributed by atoms with van der Waals surface area (Å²) in [6, 6.07) is 7.16. The van der Waals surface area contributed by atoms with Gasteiger partial charge < -0.3 is 0 Å². The van der Waals surface area contributed by atoms with Crippen LogP contribution >= 0.6 is 23.8 Å². The van der Waals surface area contributed by atoms with Crippen molar-refractivity contribution in [1.29, 1.82) is 0 Å². The highest BCUT2D eigenvalue weighted by Gasteiger charge is 1.93. The molecule has 0 aliphatic rings. The molecule has 0 atom stereocenters. The topological polar surface area (TPSA) is 0 Å². The van der Waals surface area contributed by atoms with Crippen molar-refractivity contribution in [1.82, 2.24) is 0 Å². The highest BCUT2D eigenvalue weighted by Crippen LogP contribution is 2.10. The van der Waals surface area contributed by atoms with Crippen molar-refractivity contribution >= 4 is 28.7 Å². The SMILES string of the molecule is [CH]C(=S)c1cccc(Cl)c1. The summed E-state index contributed by atoms with van der Waals surface area (Å²) in [4.78, 5) is 0.377. The average molecular weight is 169 g/mol. The zero-order valence-corrected chi connectivity index (χ0v) is 6.75. The minimum Gasteiger partial charge on any atom is -0.0843 e. The number of hydrogen-bond acceptors (Lipinski definition) is 1. The third-order valence-corrected chi connectivity index (χ3v) is 1.58. The zero-order valence-electron chi connectivity index (χ0n) is 5.17. The molecule has 0 aliphatic carbocycles. The lowest BCUT2D eigenvalue weighted by molar-refractivity contribution is 1.67. The average Bonchev–Trinajstić information content (AvgIpc) is 1.88. The number of rotatable bonds is 1. The van der Waals surface area contributed by atoms with E-state index in [4.69, 9.17) is 30.7 Å². The molecule has 0 aliphatic heterocycles. The number of halogens is 1. The van der Waals surface area contributed by atoms with Gasteiger partial charge in [0.05, 0.1) is 0 Å². The molecule has 0 bridgehead atoms. The highest BCUT2D eigenvalue weighted by atomic mass is 35.5. The third kappa shape index (κ3) is 1.79. The Morgan fingerprint density at radius 3 is 2.60 bits per heavy atom. The van der Waals surface area contributed by atoms with Gasteiger partial charge in [0.2, 0.25) is 0 Å². The molecule has 0 heterocycles. The molecule has 1 aromatic carbocycles. The second-order valence-electron chi connectivity index (χ2n) is 1.87. The summed E-state index contributed by atoms with van der Waals surface area (Å²) in [5.41, 5.74) is 0.808. The molecule has 0 nitrogen and oxygen atoms in total. The van der Waals surface area contributed by atoms with Crippen LogP contribution in [0.1, 0.15) is 5.56 Å². The van der Waals surface area contributed by atoms with Crippen LogP contribution in [0.3, 0.4) is 0 Å². The van der Waals surface area contributed by atoms with Gasteiger partial charge in [-0.25, -0.2) is 0 Å². The molecule has 0 N–H and O–H groups in total. The summed E-state index contributed by atoms with van der Waals surface area (Å²) in [5, 5.41) is 0.658. The van der Waals surface area contributed by atoms with E-state index in [0.29, 0.717) is 9.89 Å². The summed E-state index contributed by atoms with van der Waals surface area (Å²) < 4.78 is 0. The highest BCUT2D eigenvalue weighted by molar-refractivity contribution is 7.81. The maximum Gasteiger partial charge on any atom is 0.0412 e. The van der Waals surface area contributed by atoms with Crippen LogP contribution in [0.4, 0.5) is 0 Å². The molecule has 1 aromatic rings. The second kappa shape index (κ2) is 3.13. The van der Waals surface area contributed by atoms with E-state index in [9.17, 15) is 0 Å². The molecule has 0 spiro atoms. The summed E-state index contributed by atoms with van der Waals surface area (Å²) >= 11 is 10.4. The predicted molar refractivity (Wildman–Crippen MR) is 47.5 cm³/mol. The van der Waals surface area contributed by atoms with Gasteiger partial charge in [0.1, 0.15) is 0 Å². The number of hydrogen-bond donors (Lipinski definition) is 0. The maximum atomic E-state index is 5.67. The Balaban J connectivity index is 3.07. The van der Waals surface area contributed by atoms with Gasteiger partial charge in [0.15, 0.2) is 0 Å². The molecule has 0 saturated carbocycles. The summed E-state index contributed by atoms with van der Waals surface area (Å²) in [6.07, 6.45) is 0. The van der Waals surface area contributed by atoms with Crippen LogP contribution in [0, 0.1) is 6.92 Å². The summed E-state index contributed by atoms with van der Waals surface area (Å²) in [5.74, 6) is 0. The molecule has 10 heavy (non-hydrogen) atoms. The molecule has 2 heteroatoms. The Morgan fingerprint density at radius 1 is 1.50 bits per heavy atom. The van der Waals surface area contributed by atoms with E-state index in [1.54, 1.807) is 12.1 Å². The minimum atomic E-state index is 0.377. The normalized spacial score (nSPS) is 9.40. The zero-order chi connectivity index (χ0) is 7.56. The van der Waals surface area contributed by atoms with Crippen molar-refractivity contribution in [3.05, 3.63) is 41.8 Å². The third-order valence-electron chi connectivity index (χ3n) is 1.11. The van der Waals surface area contributed by atoms with Gasteiger partial charge in [-0.05, 0) is 17.7 Å². The Morgan fingerprint density at radius 2 is 2.20 bits per heavy atom. The quantitative estimate of drug-likeness (QED) is 0.459. The van der Waals surface area contributed by atoms with Gasteiger partial charge >= 0.3 is 0 Å². The van der Waals surface area contributed by atoms with Crippen LogP contribution in [0.2, 0.25) is 5.02 Å². The van der Waals surface area contributed by atoms with E-state index in [2.05, 4.69) is 0 Å². The lowest BCUT2D eigenvalue weighted by Gasteiger charge is -1.95. The Kier molecular flexibility index (Phi) is 2.41. The first kappa shape index (κ1) is 7.70. The summed E-state index contributed by atoms with van der Waals surface area (Å²) in [6.45, 7) is 5.36. The molecule has 2 radical (unpaired) electrons. The largest absolute Gasteiger partial charge is 0.0843 e. The fourth-order valence-electron chi connectivity index (χ4n) is 0.642. The van der Waals surface area contributed by atoms with Gasteiger partial charge in [-0.2, -0.15) is 0 Å². The fourth-order valence-corrected chi connectivity index (χ4v) is 0.959. The summed E-state index contributed by atoms with van der Waals surface area (Å²) in [7, 11) is 0. The first-order chi connectivity index (χ1) is 4.70. The van der Waals surface area contributed by atoms with E-state index >= 15 is 0 Å². The van der Waals surface area contributed by atoms with E-state index in [-0.39, 0.29) is 0 Å². The molecular formula is C8H5ClS. The van der Waals surface area contributed by atoms with Crippen molar-refractivity contribution in [3.63, 3.8) is 0 Å². The standard InChI is InChI=1S/C8H5ClS/c1-6(10)7-3-2-4-8(9)5-7/h1-5H. The predicted octanol–water partition coefficient (Wildman–Crippen LogP) is 2.77. The number of thiocarbonyl (C=S) groups is 1. The minimum absolute atomic E-state index is 0.377. The molecule has 0 unspecified atom stereocenters. The fraction of sp³-hybridized carbons (Fsp3) is 0. The van der Waals surface area contributed by atoms with Crippen LogP contribution in [0.15, 0.2) is 24.3 Å². The van der Waals surface area contributed by atoms with Crippen LogP contribution in [0.5, 0.6) is 0 Å². The van der Waals surface area contributed by atoms with Gasteiger partial charge in [-0.3, -0.25) is 0 Å². The van der Waals surface area contributed by atoms with E-state index in [1.807, 2.05) is 12.1 Å². The Bertz CT molecular complexity index is 255. The molecule has 1 rings (SSSR count). The van der Waals surface area contributed by atoms with Crippen LogP contribution in [0.25, 0.3) is 0 Å². The molecule has 0 amide bonds. The monoisotopic (exact) mass is 168 g/mol. The van der Waals surface area contributed by atoms with Crippen molar-refractivity contribution < 1.29 is 0 Å². The van der Waals surface area contributed by atoms with Crippen LogP contribution in [-0.2, 0) is 0 Å². The smallest absolute Gasteiger partial charge is 0.0412 e. The van der Waals surface area contributed by atoms with Gasteiger partial charge in [-0.15, -0.1) is 0 Å². The molecule has 0 fully saturated rings. The Hall–Kier alpha value is -0.400. The van der Waals surface area contributed by atoms with E-state index in [0.717, 1.165) is 5.56 Å². The molecule has 0 saturated heterocycles. The van der Waals surface area contributed by atoms with Crippen molar-refractivity contribution in [3.8, 4) is 0 Å². The molecule has 50 valence electrons. The lowest BCUT2D eigenvalue weighted by Crippen LogP contribution is -1.88. The van der Waals surface area contributed by atoms with Crippen LogP contribution < -0.4 is 0 Å². The molecular weight excluding hydrogens is 164 g/mol. The van der Waals surface area contributed by atoms with Gasteiger partial charge in [0.25, 0.3) is 0 Å². The number of benzene rings is 1. The van der Waals surface area contributed by atoms with Crippen molar-refractivity contribution in [2.24, 2.45) is 0 Å². The molecule has 0 aromatic heterocycles. The first-order valence-electron chi connectivity index (χ1n) is 2.75. The maximum absolute atomic E-state index is 5.67. The lowest BCUT2D eigenvalue weighted by atomic mass is 10.2. The Labute approximate surface area is 70.8 Å². The van der Waals surface area contributed by atoms with Crippen molar-refractivity contribution in [2.75, 3.05) is 0 Å². The van der Waals surface area contributed by atoms with E-state index < -0.39 is 0 Å². The van der Waals surface area contributed by atoms with E-state index in [1.165, 1.54) is 0 Å². The van der Waals surface area contributed by atoms with Gasteiger partial charge in [0, 0.05) is 16.8 Å². The van der Waals surface area contributed by atoms with Crippen molar-refractivity contribution in [2.45, 2.75) is 0 Å². The van der Waals surface area contributed by atoms with Crippen LogP contribution in [-0.4, -0.2) is 4.86 Å². The second-order valence-corrected chi connectivity index (χ2v) is 2.75. The van der Waals surface area contributed by atoms with Gasteiger partial charge in [-0.1, -0.05) is 36.0 Å². The first-order valence-corrected chi connectivity index (χ1v) is 3.54.